The van der Waals surface area contributed by atoms with E-state index in [9.17, 15) is 18.8 Å². The SMILES string of the molecule is O=C1NC(=O)[C@H](CCC(=O)N2CCCN(c3ccc(F)cc3)CC2)N1. The molecule has 0 bridgehead atoms. The first-order valence-corrected chi connectivity index (χ1v) is 8.42. The van der Waals surface area contributed by atoms with Crippen LogP contribution in [-0.2, 0) is 9.59 Å². The van der Waals surface area contributed by atoms with Crippen molar-refractivity contribution in [3.05, 3.63) is 30.1 Å². The number of benzene rings is 1. The van der Waals surface area contributed by atoms with E-state index in [1.165, 1.54) is 12.1 Å². The number of urea groups is 1. The molecule has 2 aliphatic rings. The number of hydrogen-bond donors (Lipinski definition) is 2. The average Bonchev–Trinajstić information content (AvgIpc) is 2.78. The molecule has 2 aliphatic heterocycles. The molecule has 3 rings (SSSR count). The highest BCUT2D eigenvalue weighted by Gasteiger charge is 2.30. The molecule has 1 aromatic rings. The molecule has 2 heterocycles. The molecular weight excluding hydrogens is 327 g/mol. The van der Waals surface area contributed by atoms with Crippen LogP contribution >= 0.6 is 0 Å². The Hall–Kier alpha value is -2.64. The van der Waals surface area contributed by atoms with Gasteiger partial charge in [0.1, 0.15) is 11.9 Å². The van der Waals surface area contributed by atoms with Gasteiger partial charge in [0.15, 0.2) is 0 Å². The average molecular weight is 348 g/mol. The molecular formula is C17H21FN4O3. The second-order valence-electron chi connectivity index (χ2n) is 6.25. The monoisotopic (exact) mass is 348 g/mol. The van der Waals surface area contributed by atoms with Gasteiger partial charge >= 0.3 is 6.03 Å². The van der Waals surface area contributed by atoms with E-state index in [2.05, 4.69) is 15.5 Å². The van der Waals surface area contributed by atoms with Crippen molar-refractivity contribution in [1.82, 2.24) is 15.5 Å². The Kier molecular flexibility index (Phi) is 5.16. The van der Waals surface area contributed by atoms with E-state index in [0.717, 1.165) is 18.7 Å². The number of hydrogen-bond acceptors (Lipinski definition) is 4. The van der Waals surface area contributed by atoms with Gasteiger partial charge in [-0.2, -0.15) is 0 Å². The number of halogens is 1. The summed E-state index contributed by atoms with van der Waals surface area (Å²) in [6.07, 6.45) is 1.34. The molecule has 2 saturated heterocycles. The lowest BCUT2D eigenvalue weighted by Crippen LogP contribution is -2.37. The lowest BCUT2D eigenvalue weighted by atomic mass is 10.1. The van der Waals surface area contributed by atoms with Crippen LogP contribution in [0.1, 0.15) is 19.3 Å². The first-order valence-electron chi connectivity index (χ1n) is 8.42. The summed E-state index contributed by atoms with van der Waals surface area (Å²) in [6.45, 7) is 2.72. The van der Waals surface area contributed by atoms with Gasteiger partial charge in [0, 0.05) is 38.3 Å². The smallest absolute Gasteiger partial charge is 0.322 e. The second kappa shape index (κ2) is 7.50. The maximum absolute atomic E-state index is 13.0. The molecule has 134 valence electrons. The first kappa shape index (κ1) is 17.2. The molecule has 25 heavy (non-hydrogen) atoms. The van der Waals surface area contributed by atoms with Gasteiger partial charge in [-0.25, -0.2) is 9.18 Å². The highest BCUT2D eigenvalue weighted by atomic mass is 19.1. The number of carbonyl (C=O) groups is 3. The first-order chi connectivity index (χ1) is 12.0. The van der Waals surface area contributed by atoms with Crippen molar-refractivity contribution in [2.75, 3.05) is 31.1 Å². The minimum Gasteiger partial charge on any atom is -0.370 e. The number of rotatable bonds is 4. The van der Waals surface area contributed by atoms with Crippen LogP contribution in [0.2, 0.25) is 0 Å². The van der Waals surface area contributed by atoms with Gasteiger partial charge in [-0.15, -0.1) is 0 Å². The number of carbonyl (C=O) groups excluding carboxylic acids is 3. The van der Waals surface area contributed by atoms with Gasteiger partial charge < -0.3 is 15.1 Å². The van der Waals surface area contributed by atoms with Crippen LogP contribution < -0.4 is 15.5 Å². The molecule has 8 heteroatoms. The number of nitrogens with zero attached hydrogens (tertiary/aromatic N) is 2. The van der Waals surface area contributed by atoms with Gasteiger partial charge in [0.05, 0.1) is 0 Å². The fourth-order valence-corrected chi connectivity index (χ4v) is 3.17. The molecule has 0 aliphatic carbocycles. The van der Waals surface area contributed by atoms with E-state index in [1.54, 1.807) is 17.0 Å². The summed E-state index contributed by atoms with van der Waals surface area (Å²) in [4.78, 5) is 38.9. The molecule has 4 amide bonds. The van der Waals surface area contributed by atoms with Crippen molar-refractivity contribution >= 4 is 23.5 Å². The molecule has 0 saturated carbocycles. The van der Waals surface area contributed by atoms with Crippen molar-refractivity contribution in [2.45, 2.75) is 25.3 Å². The molecule has 7 nitrogen and oxygen atoms in total. The lowest BCUT2D eigenvalue weighted by Gasteiger charge is -2.24. The molecule has 0 unspecified atom stereocenters. The minimum atomic E-state index is -0.626. The highest BCUT2D eigenvalue weighted by Crippen LogP contribution is 2.17. The zero-order chi connectivity index (χ0) is 17.8. The van der Waals surface area contributed by atoms with Crippen LogP contribution in [0.15, 0.2) is 24.3 Å². The third kappa shape index (κ3) is 4.26. The number of nitrogens with one attached hydrogen (secondary N) is 2. The summed E-state index contributed by atoms with van der Waals surface area (Å²) < 4.78 is 13.0. The van der Waals surface area contributed by atoms with Gasteiger partial charge in [0.2, 0.25) is 5.91 Å². The van der Waals surface area contributed by atoms with E-state index in [1.807, 2.05) is 0 Å². The van der Waals surface area contributed by atoms with Crippen LogP contribution in [0.4, 0.5) is 14.9 Å². The van der Waals surface area contributed by atoms with Crippen molar-refractivity contribution < 1.29 is 18.8 Å². The normalized spacial score (nSPS) is 20.9. The topological polar surface area (TPSA) is 81.8 Å². The molecule has 0 spiro atoms. The Morgan fingerprint density at radius 1 is 1.12 bits per heavy atom. The van der Waals surface area contributed by atoms with E-state index in [0.29, 0.717) is 26.1 Å². The summed E-state index contributed by atoms with van der Waals surface area (Å²) in [6, 6.07) is 5.22. The Balaban J connectivity index is 1.50. The van der Waals surface area contributed by atoms with Crippen LogP contribution in [-0.4, -0.2) is 55.0 Å². The van der Waals surface area contributed by atoms with Crippen molar-refractivity contribution in [3.8, 4) is 0 Å². The molecule has 2 N–H and O–H groups in total. The number of amides is 4. The zero-order valence-corrected chi connectivity index (χ0v) is 13.8. The van der Waals surface area contributed by atoms with Gasteiger partial charge in [-0.1, -0.05) is 0 Å². The zero-order valence-electron chi connectivity index (χ0n) is 13.8. The van der Waals surface area contributed by atoms with E-state index < -0.39 is 12.1 Å². The lowest BCUT2D eigenvalue weighted by molar-refractivity contribution is -0.131. The quantitative estimate of drug-likeness (QED) is 0.791. The van der Waals surface area contributed by atoms with Crippen LogP contribution in [0.25, 0.3) is 0 Å². The summed E-state index contributed by atoms with van der Waals surface area (Å²) in [5.41, 5.74) is 0.945. The largest absolute Gasteiger partial charge is 0.370 e. The third-order valence-electron chi connectivity index (χ3n) is 4.55. The van der Waals surface area contributed by atoms with Gasteiger partial charge in [-0.3, -0.25) is 14.9 Å². The predicted molar refractivity (Wildman–Crippen MR) is 89.5 cm³/mol. The standard InChI is InChI=1S/C17H21FN4O3/c18-12-2-4-13(5-3-12)21-8-1-9-22(11-10-21)15(23)7-6-14-16(24)20-17(25)19-14/h2-5,14H,1,6-11H2,(H2,19,20,24,25)/t14-/m0/s1. The maximum atomic E-state index is 13.0. The molecule has 0 aromatic heterocycles. The molecule has 2 fully saturated rings. The number of imide groups is 1. The van der Waals surface area contributed by atoms with E-state index in [4.69, 9.17) is 0 Å². The minimum absolute atomic E-state index is 0.0186. The number of anilines is 1. The molecule has 0 radical (unpaired) electrons. The Morgan fingerprint density at radius 2 is 1.88 bits per heavy atom. The summed E-state index contributed by atoms with van der Waals surface area (Å²) >= 11 is 0. The van der Waals surface area contributed by atoms with Crippen LogP contribution in [0.3, 0.4) is 0 Å². The summed E-state index contributed by atoms with van der Waals surface area (Å²) in [7, 11) is 0. The van der Waals surface area contributed by atoms with Crippen molar-refractivity contribution in [1.29, 1.82) is 0 Å². The van der Waals surface area contributed by atoms with Crippen LogP contribution in [0, 0.1) is 5.82 Å². The molecule has 1 atom stereocenters. The summed E-state index contributed by atoms with van der Waals surface area (Å²) in [5.74, 6) is -0.663. The van der Waals surface area contributed by atoms with Crippen molar-refractivity contribution in [2.24, 2.45) is 0 Å². The van der Waals surface area contributed by atoms with Gasteiger partial charge in [0.25, 0.3) is 5.91 Å². The Bertz CT molecular complexity index is 664. The Labute approximate surface area is 145 Å². The summed E-state index contributed by atoms with van der Waals surface area (Å²) in [5, 5.41) is 4.66. The fourth-order valence-electron chi connectivity index (χ4n) is 3.17. The third-order valence-corrected chi connectivity index (χ3v) is 4.55. The highest BCUT2D eigenvalue weighted by molar-refractivity contribution is 6.04. The molecule has 1 aromatic carbocycles. The maximum Gasteiger partial charge on any atom is 0.322 e. The van der Waals surface area contributed by atoms with Crippen molar-refractivity contribution in [3.63, 3.8) is 0 Å². The second-order valence-corrected chi connectivity index (χ2v) is 6.25. The Morgan fingerprint density at radius 3 is 2.56 bits per heavy atom. The van der Waals surface area contributed by atoms with E-state index in [-0.39, 0.29) is 24.1 Å². The van der Waals surface area contributed by atoms with Crippen LogP contribution in [0.5, 0.6) is 0 Å². The fraction of sp³-hybridized carbons (Fsp3) is 0.471. The van der Waals surface area contributed by atoms with E-state index >= 15 is 0 Å². The predicted octanol–water partition coefficient (Wildman–Crippen LogP) is 0.853. The van der Waals surface area contributed by atoms with Gasteiger partial charge in [-0.05, 0) is 37.1 Å².